The fourth-order valence-electron chi connectivity index (χ4n) is 1.30. The average Bonchev–Trinajstić information content (AvgIpc) is 2.29. The lowest BCUT2D eigenvalue weighted by Crippen LogP contribution is -2.50. The van der Waals surface area contributed by atoms with Crippen LogP contribution in [0.25, 0.3) is 0 Å². The minimum Gasteiger partial charge on any atom is -0.376 e. The zero-order valence-electron chi connectivity index (χ0n) is 8.66. The molecule has 1 heterocycles. The molecule has 7 nitrogen and oxygen atoms in total. The van der Waals surface area contributed by atoms with E-state index < -0.39 is 21.4 Å². The Labute approximate surface area is 93.4 Å². The van der Waals surface area contributed by atoms with Gasteiger partial charge in [0.15, 0.2) is 11.4 Å². The number of sulfonamides is 1. The standard InChI is InChI=1S/C8H11N3O4S/c1-7(4-9)16(13,14)11-2-3-15-5-8(11)10-6-12/h7-8H,2-3,5H2,1H3. The number of hydrogen-bond donors (Lipinski definition) is 0. The smallest absolute Gasteiger partial charge is 0.236 e. The molecule has 88 valence electrons. The Bertz CT molecular complexity index is 435. The Morgan fingerprint density at radius 1 is 1.62 bits per heavy atom. The molecule has 1 rings (SSSR count). The molecule has 0 radical (unpaired) electrons. The molecule has 8 heteroatoms. The average molecular weight is 245 g/mol. The Morgan fingerprint density at radius 2 is 2.31 bits per heavy atom. The lowest BCUT2D eigenvalue weighted by Gasteiger charge is -2.31. The maximum absolute atomic E-state index is 11.9. The third kappa shape index (κ3) is 2.46. The third-order valence-electron chi connectivity index (χ3n) is 2.21. The summed E-state index contributed by atoms with van der Waals surface area (Å²) >= 11 is 0. The van der Waals surface area contributed by atoms with Crippen molar-refractivity contribution < 1.29 is 17.9 Å². The Balaban J connectivity index is 3.00. The maximum atomic E-state index is 11.9. The van der Waals surface area contributed by atoms with E-state index in [4.69, 9.17) is 10.00 Å². The quantitative estimate of drug-likeness (QED) is 0.479. The normalized spacial score (nSPS) is 24.1. The first-order chi connectivity index (χ1) is 7.54. The third-order valence-corrected chi connectivity index (χ3v) is 4.29. The number of ether oxygens (including phenoxy) is 1. The van der Waals surface area contributed by atoms with Crippen molar-refractivity contribution in [2.45, 2.75) is 18.3 Å². The van der Waals surface area contributed by atoms with Crippen molar-refractivity contribution in [3.8, 4) is 6.07 Å². The number of carbonyl (C=O) groups excluding carboxylic acids is 1. The van der Waals surface area contributed by atoms with Crippen molar-refractivity contribution in [1.82, 2.24) is 4.31 Å². The molecule has 1 fully saturated rings. The van der Waals surface area contributed by atoms with Crippen LogP contribution in [0.15, 0.2) is 4.99 Å². The summed E-state index contributed by atoms with van der Waals surface area (Å²) in [6, 6.07) is 1.65. The van der Waals surface area contributed by atoms with Crippen LogP contribution in [0.4, 0.5) is 0 Å². The van der Waals surface area contributed by atoms with Crippen LogP contribution < -0.4 is 0 Å². The molecule has 0 aliphatic carbocycles. The number of isocyanates is 1. The van der Waals surface area contributed by atoms with Gasteiger partial charge < -0.3 is 4.74 Å². The van der Waals surface area contributed by atoms with Crippen LogP contribution in [0.5, 0.6) is 0 Å². The van der Waals surface area contributed by atoms with Crippen LogP contribution >= 0.6 is 0 Å². The molecule has 0 bridgehead atoms. The van der Waals surface area contributed by atoms with Crippen LogP contribution in [0, 0.1) is 11.3 Å². The monoisotopic (exact) mass is 245 g/mol. The van der Waals surface area contributed by atoms with Crippen molar-refractivity contribution in [2.75, 3.05) is 19.8 Å². The van der Waals surface area contributed by atoms with Crippen molar-refractivity contribution in [3.63, 3.8) is 0 Å². The molecule has 16 heavy (non-hydrogen) atoms. The zero-order chi connectivity index (χ0) is 12.2. The van der Waals surface area contributed by atoms with E-state index in [9.17, 15) is 13.2 Å². The Morgan fingerprint density at radius 3 is 2.88 bits per heavy atom. The van der Waals surface area contributed by atoms with Gasteiger partial charge in [-0.25, -0.2) is 13.2 Å². The van der Waals surface area contributed by atoms with E-state index >= 15 is 0 Å². The van der Waals surface area contributed by atoms with Crippen molar-refractivity contribution in [3.05, 3.63) is 0 Å². The van der Waals surface area contributed by atoms with Crippen LogP contribution in [0.1, 0.15) is 6.92 Å². The highest BCUT2D eigenvalue weighted by Crippen LogP contribution is 2.16. The van der Waals surface area contributed by atoms with E-state index in [1.54, 1.807) is 6.07 Å². The van der Waals surface area contributed by atoms with E-state index in [0.717, 1.165) is 4.31 Å². The van der Waals surface area contributed by atoms with Gasteiger partial charge in [0.1, 0.15) is 0 Å². The first-order valence-corrected chi connectivity index (χ1v) is 6.09. The predicted octanol–water partition coefficient (Wildman–Crippen LogP) is -0.778. The number of nitriles is 1. The second-order valence-electron chi connectivity index (χ2n) is 3.20. The molecule has 0 aromatic rings. The van der Waals surface area contributed by atoms with Crippen molar-refractivity contribution >= 4 is 16.1 Å². The van der Waals surface area contributed by atoms with Gasteiger partial charge in [-0.3, -0.25) is 0 Å². The van der Waals surface area contributed by atoms with E-state index in [2.05, 4.69) is 4.99 Å². The van der Waals surface area contributed by atoms with Gasteiger partial charge in [-0.15, -0.1) is 0 Å². The molecular formula is C8H11N3O4S. The summed E-state index contributed by atoms with van der Waals surface area (Å²) in [6.07, 6.45) is 0.392. The summed E-state index contributed by atoms with van der Waals surface area (Å²) in [5, 5.41) is 7.45. The molecule has 0 saturated carbocycles. The summed E-state index contributed by atoms with van der Waals surface area (Å²) in [5.41, 5.74) is 0. The van der Waals surface area contributed by atoms with Gasteiger partial charge in [0.2, 0.25) is 16.1 Å². The lowest BCUT2D eigenvalue weighted by molar-refractivity contribution is 0.0357. The van der Waals surface area contributed by atoms with Gasteiger partial charge in [-0.2, -0.15) is 14.6 Å². The molecule has 1 aliphatic rings. The number of nitrogens with zero attached hydrogens (tertiary/aromatic N) is 3. The largest absolute Gasteiger partial charge is 0.376 e. The van der Waals surface area contributed by atoms with Gasteiger partial charge in [-0.05, 0) is 6.92 Å². The molecule has 0 aromatic heterocycles. The summed E-state index contributed by atoms with van der Waals surface area (Å²) < 4.78 is 29.7. The molecule has 2 atom stereocenters. The van der Waals surface area contributed by atoms with Crippen molar-refractivity contribution in [1.29, 1.82) is 5.26 Å². The first-order valence-electron chi connectivity index (χ1n) is 4.59. The van der Waals surface area contributed by atoms with Gasteiger partial charge in [0, 0.05) is 6.54 Å². The second kappa shape index (κ2) is 5.18. The molecule has 1 aliphatic heterocycles. The lowest BCUT2D eigenvalue weighted by atomic mass is 10.4. The minimum absolute atomic E-state index is 0.00657. The summed E-state index contributed by atoms with van der Waals surface area (Å²) in [5.74, 6) is 0. The highest BCUT2D eigenvalue weighted by Gasteiger charge is 2.36. The second-order valence-corrected chi connectivity index (χ2v) is 5.41. The van der Waals surface area contributed by atoms with Gasteiger partial charge in [-0.1, -0.05) is 0 Å². The highest BCUT2D eigenvalue weighted by molar-refractivity contribution is 7.90. The highest BCUT2D eigenvalue weighted by atomic mass is 32.2. The number of aliphatic imine (C=N–C) groups is 1. The van der Waals surface area contributed by atoms with Crippen LogP contribution in [0.3, 0.4) is 0 Å². The summed E-state index contributed by atoms with van der Waals surface area (Å²) in [7, 11) is -3.76. The van der Waals surface area contributed by atoms with E-state index in [1.807, 2.05) is 0 Å². The van der Waals surface area contributed by atoms with Crippen LogP contribution in [-0.4, -0.2) is 50.0 Å². The van der Waals surface area contributed by atoms with Gasteiger partial charge in [0.05, 0.1) is 19.3 Å². The van der Waals surface area contributed by atoms with Gasteiger partial charge >= 0.3 is 0 Å². The van der Waals surface area contributed by atoms with Gasteiger partial charge in [0.25, 0.3) is 0 Å². The topological polar surface area (TPSA) is 99.8 Å². The predicted molar refractivity (Wildman–Crippen MR) is 53.4 cm³/mol. The molecule has 0 aromatic carbocycles. The van der Waals surface area contributed by atoms with E-state index in [0.29, 0.717) is 0 Å². The minimum atomic E-state index is -3.76. The first kappa shape index (κ1) is 12.8. The number of hydrogen-bond acceptors (Lipinski definition) is 6. The zero-order valence-corrected chi connectivity index (χ0v) is 9.48. The fourth-order valence-corrected chi connectivity index (χ4v) is 2.62. The SMILES string of the molecule is CC(C#N)S(=O)(=O)N1CCOCC1N=C=O. The van der Waals surface area contributed by atoms with Crippen LogP contribution in [0.2, 0.25) is 0 Å². The summed E-state index contributed by atoms with van der Waals surface area (Å²) in [6.45, 7) is 1.60. The molecule has 2 unspecified atom stereocenters. The maximum Gasteiger partial charge on any atom is 0.236 e. The Hall–Kier alpha value is -1.26. The van der Waals surface area contributed by atoms with Crippen molar-refractivity contribution in [2.24, 2.45) is 4.99 Å². The fraction of sp³-hybridized carbons (Fsp3) is 0.750. The number of morpholine rings is 1. The van der Waals surface area contributed by atoms with E-state index in [1.165, 1.54) is 13.0 Å². The van der Waals surface area contributed by atoms with Crippen LogP contribution in [-0.2, 0) is 19.6 Å². The number of rotatable bonds is 3. The molecule has 0 N–H and O–H groups in total. The van der Waals surface area contributed by atoms with E-state index in [-0.39, 0.29) is 19.8 Å². The molecular weight excluding hydrogens is 234 g/mol. The molecule has 0 spiro atoms. The Kier molecular flexibility index (Phi) is 4.15. The molecule has 0 amide bonds. The molecule has 1 saturated heterocycles. The summed E-state index contributed by atoms with van der Waals surface area (Å²) in [4.78, 5) is 13.5.